The molecule has 1 aliphatic heterocycles. The number of hydrogen-bond acceptors (Lipinski definition) is 3. The van der Waals surface area contributed by atoms with Crippen LogP contribution in [0.2, 0.25) is 0 Å². The van der Waals surface area contributed by atoms with Crippen molar-refractivity contribution in [3.05, 3.63) is 0 Å². The first-order chi connectivity index (χ1) is 7.73. The molecule has 0 bridgehead atoms. The molecule has 0 aromatic rings. The van der Waals surface area contributed by atoms with Gasteiger partial charge in [-0.2, -0.15) is 0 Å². The van der Waals surface area contributed by atoms with Crippen molar-refractivity contribution < 1.29 is 14.6 Å². The van der Waals surface area contributed by atoms with Crippen molar-refractivity contribution in [2.75, 3.05) is 13.2 Å². The predicted octanol–water partition coefficient (Wildman–Crippen LogP) is 2.22. The van der Waals surface area contributed by atoms with Gasteiger partial charge in [0.05, 0.1) is 18.8 Å². The first-order valence-corrected chi connectivity index (χ1v) is 6.73. The smallest absolute Gasteiger partial charge is 0.168 e. The summed E-state index contributed by atoms with van der Waals surface area (Å²) in [5.41, 5.74) is -0.420. The average molecular weight is 226 g/mol. The Balaban J connectivity index is 1.64. The molecular formula is C13H22O3. The van der Waals surface area contributed by atoms with Crippen LogP contribution in [-0.2, 0) is 9.47 Å². The quantitative estimate of drug-likeness (QED) is 0.745. The summed E-state index contributed by atoms with van der Waals surface area (Å²) in [6.45, 7) is 1.45. The van der Waals surface area contributed by atoms with E-state index < -0.39 is 5.60 Å². The van der Waals surface area contributed by atoms with Crippen LogP contribution < -0.4 is 0 Å². The number of rotatable bonds is 1. The fourth-order valence-corrected chi connectivity index (χ4v) is 3.72. The first kappa shape index (κ1) is 11.0. The van der Waals surface area contributed by atoms with E-state index in [1.807, 2.05) is 0 Å². The minimum Gasteiger partial charge on any atom is -0.390 e. The second-order valence-electron chi connectivity index (χ2n) is 5.69. The van der Waals surface area contributed by atoms with Gasteiger partial charge in [0.25, 0.3) is 0 Å². The second kappa shape index (κ2) is 3.97. The molecule has 16 heavy (non-hydrogen) atoms. The third kappa shape index (κ3) is 1.79. The molecule has 0 aromatic carbocycles. The van der Waals surface area contributed by atoms with Crippen molar-refractivity contribution in [2.45, 2.75) is 62.8 Å². The lowest BCUT2D eigenvalue weighted by molar-refractivity contribution is -0.209. The molecule has 1 heterocycles. The normalized spacial score (nSPS) is 33.6. The lowest BCUT2D eigenvalue weighted by atomic mass is 9.73. The molecule has 3 rings (SSSR count). The van der Waals surface area contributed by atoms with E-state index in [4.69, 9.17) is 9.47 Å². The predicted molar refractivity (Wildman–Crippen MR) is 60.0 cm³/mol. The van der Waals surface area contributed by atoms with Crippen LogP contribution in [0.15, 0.2) is 0 Å². The molecule has 2 saturated carbocycles. The molecular weight excluding hydrogens is 204 g/mol. The van der Waals surface area contributed by atoms with Crippen LogP contribution in [0.25, 0.3) is 0 Å². The monoisotopic (exact) mass is 226 g/mol. The zero-order valence-electron chi connectivity index (χ0n) is 9.91. The minimum atomic E-state index is -0.420. The molecule has 92 valence electrons. The molecule has 1 N–H and O–H groups in total. The van der Waals surface area contributed by atoms with Crippen molar-refractivity contribution in [1.29, 1.82) is 0 Å². The van der Waals surface area contributed by atoms with Crippen molar-refractivity contribution in [3.63, 3.8) is 0 Å². The molecule has 0 aromatic heterocycles. The third-order valence-corrected chi connectivity index (χ3v) is 4.81. The number of aliphatic hydroxyl groups is 1. The zero-order valence-corrected chi connectivity index (χ0v) is 9.91. The van der Waals surface area contributed by atoms with E-state index in [-0.39, 0.29) is 5.79 Å². The van der Waals surface area contributed by atoms with E-state index in [2.05, 4.69) is 0 Å². The summed E-state index contributed by atoms with van der Waals surface area (Å²) in [6, 6.07) is 0. The summed E-state index contributed by atoms with van der Waals surface area (Å²) in [5, 5.41) is 10.7. The Morgan fingerprint density at radius 1 is 0.875 bits per heavy atom. The van der Waals surface area contributed by atoms with E-state index in [1.54, 1.807) is 0 Å². The molecule has 3 fully saturated rings. The van der Waals surface area contributed by atoms with Gasteiger partial charge in [0.15, 0.2) is 5.79 Å². The van der Waals surface area contributed by atoms with E-state index in [0.29, 0.717) is 5.92 Å². The van der Waals surface area contributed by atoms with Gasteiger partial charge in [-0.3, -0.25) is 0 Å². The SMILES string of the molecule is OC1(C2CCCC2)CCC2(CC1)OCCO2. The molecule has 3 heteroatoms. The summed E-state index contributed by atoms with van der Waals surface area (Å²) in [5.74, 6) is 0.205. The van der Waals surface area contributed by atoms with Gasteiger partial charge in [-0.15, -0.1) is 0 Å². The van der Waals surface area contributed by atoms with Gasteiger partial charge >= 0.3 is 0 Å². The maximum absolute atomic E-state index is 10.7. The van der Waals surface area contributed by atoms with Crippen LogP contribution in [0.3, 0.4) is 0 Å². The lowest BCUT2D eigenvalue weighted by Crippen LogP contribution is -2.47. The highest BCUT2D eigenvalue weighted by Gasteiger charge is 2.48. The molecule has 3 aliphatic rings. The van der Waals surface area contributed by atoms with Crippen molar-refractivity contribution in [2.24, 2.45) is 5.92 Å². The molecule has 0 atom stereocenters. The Labute approximate surface area is 97.1 Å². The van der Waals surface area contributed by atoms with Gasteiger partial charge in [0.2, 0.25) is 0 Å². The third-order valence-electron chi connectivity index (χ3n) is 4.81. The molecule has 0 unspecified atom stereocenters. The van der Waals surface area contributed by atoms with Gasteiger partial charge in [0, 0.05) is 12.8 Å². The van der Waals surface area contributed by atoms with Gasteiger partial charge in [-0.05, 0) is 31.6 Å². The summed E-state index contributed by atoms with van der Waals surface area (Å²) in [4.78, 5) is 0. The topological polar surface area (TPSA) is 38.7 Å². The van der Waals surface area contributed by atoms with Crippen molar-refractivity contribution >= 4 is 0 Å². The Kier molecular flexibility index (Phi) is 2.73. The maximum Gasteiger partial charge on any atom is 0.168 e. The van der Waals surface area contributed by atoms with Gasteiger partial charge in [0.1, 0.15) is 0 Å². The van der Waals surface area contributed by atoms with Crippen LogP contribution in [0.5, 0.6) is 0 Å². The Morgan fingerprint density at radius 3 is 2.00 bits per heavy atom. The second-order valence-corrected chi connectivity index (χ2v) is 5.69. The minimum absolute atomic E-state index is 0.329. The van der Waals surface area contributed by atoms with E-state index in [9.17, 15) is 5.11 Å². The van der Waals surface area contributed by atoms with Gasteiger partial charge in [-0.1, -0.05) is 12.8 Å². The first-order valence-electron chi connectivity index (χ1n) is 6.73. The van der Waals surface area contributed by atoms with Crippen LogP contribution in [0.1, 0.15) is 51.4 Å². The number of hydrogen-bond donors (Lipinski definition) is 1. The molecule has 1 saturated heterocycles. The van der Waals surface area contributed by atoms with Crippen LogP contribution in [-0.4, -0.2) is 29.7 Å². The van der Waals surface area contributed by atoms with Crippen LogP contribution in [0, 0.1) is 5.92 Å². The Hall–Kier alpha value is -0.120. The highest BCUT2D eigenvalue weighted by Crippen LogP contribution is 2.47. The molecule has 3 nitrogen and oxygen atoms in total. The molecule has 0 amide bonds. The van der Waals surface area contributed by atoms with Crippen molar-refractivity contribution in [3.8, 4) is 0 Å². The van der Waals surface area contributed by atoms with Crippen LogP contribution in [0.4, 0.5) is 0 Å². The average Bonchev–Trinajstić information content (AvgIpc) is 2.96. The molecule has 1 spiro atoms. The fourth-order valence-electron chi connectivity index (χ4n) is 3.72. The fraction of sp³-hybridized carbons (Fsp3) is 1.00. The Bertz CT molecular complexity index is 242. The van der Waals surface area contributed by atoms with Gasteiger partial charge in [-0.25, -0.2) is 0 Å². The lowest BCUT2D eigenvalue weighted by Gasteiger charge is -2.43. The highest BCUT2D eigenvalue weighted by atomic mass is 16.7. The molecule has 0 radical (unpaired) electrons. The zero-order chi connectivity index (χ0) is 11.1. The summed E-state index contributed by atoms with van der Waals surface area (Å²) in [7, 11) is 0. The number of ether oxygens (including phenoxy) is 2. The maximum atomic E-state index is 10.7. The summed E-state index contributed by atoms with van der Waals surface area (Å²) < 4.78 is 11.4. The molecule has 2 aliphatic carbocycles. The van der Waals surface area contributed by atoms with Gasteiger partial charge < -0.3 is 14.6 Å². The van der Waals surface area contributed by atoms with Crippen molar-refractivity contribution in [1.82, 2.24) is 0 Å². The van der Waals surface area contributed by atoms with E-state index in [1.165, 1.54) is 25.7 Å². The van der Waals surface area contributed by atoms with Crippen LogP contribution >= 0.6 is 0 Å². The standard InChI is InChI=1S/C13H22O3/c14-12(11-3-1-2-4-11)5-7-13(8-6-12)15-9-10-16-13/h11,14H,1-10H2. The summed E-state index contributed by atoms with van der Waals surface area (Å²) in [6.07, 6.45) is 8.49. The summed E-state index contributed by atoms with van der Waals surface area (Å²) >= 11 is 0. The van der Waals surface area contributed by atoms with E-state index >= 15 is 0 Å². The largest absolute Gasteiger partial charge is 0.390 e. The highest BCUT2D eigenvalue weighted by molar-refractivity contribution is 4.96. The Morgan fingerprint density at radius 2 is 1.44 bits per heavy atom. The van der Waals surface area contributed by atoms with E-state index in [0.717, 1.165) is 38.9 Å².